The van der Waals surface area contributed by atoms with E-state index in [1.54, 1.807) is 6.26 Å². The molecule has 0 amide bonds. The van der Waals surface area contributed by atoms with E-state index in [4.69, 9.17) is 0 Å². The predicted molar refractivity (Wildman–Crippen MR) is 49.8 cm³/mol. The average molecular weight is 228 g/mol. The third-order valence-electron chi connectivity index (χ3n) is 1.60. The van der Waals surface area contributed by atoms with Crippen molar-refractivity contribution in [3.63, 3.8) is 0 Å². The fourth-order valence-corrected chi connectivity index (χ4v) is 1.32. The minimum atomic E-state index is -0.888. The van der Waals surface area contributed by atoms with Crippen LogP contribution in [0.25, 0.3) is 5.78 Å². The van der Waals surface area contributed by atoms with Crippen LogP contribution in [0.3, 0.4) is 0 Å². The summed E-state index contributed by atoms with van der Waals surface area (Å²) in [5.41, 5.74) is -0.877. The maximum absolute atomic E-state index is 11.4. The molecule has 2 heterocycles. The third kappa shape index (κ3) is 1.44. The molecular formula is C5H4N6O3S. The molecule has 0 aliphatic carbocycles. The van der Waals surface area contributed by atoms with Gasteiger partial charge in [0.15, 0.2) is 5.16 Å². The maximum Gasteiger partial charge on any atom is 0.458 e. The Morgan fingerprint density at radius 2 is 2.27 bits per heavy atom. The molecule has 0 unspecified atom stereocenters. The van der Waals surface area contributed by atoms with Crippen molar-refractivity contribution in [2.75, 3.05) is 6.26 Å². The maximum atomic E-state index is 11.4. The number of nitrogens with one attached hydrogen (secondary N) is 1. The average Bonchev–Trinajstić information content (AvgIpc) is 2.61. The first kappa shape index (κ1) is 9.58. The van der Waals surface area contributed by atoms with Gasteiger partial charge in [-0.25, -0.2) is 0 Å². The number of H-pyrrole nitrogens is 1. The van der Waals surface area contributed by atoms with Gasteiger partial charge in [0.2, 0.25) is 0 Å². The number of nitro groups is 1. The second kappa shape index (κ2) is 3.31. The Labute approximate surface area is 85.7 Å². The Morgan fingerprint density at radius 1 is 1.53 bits per heavy atom. The number of hydrogen-bond acceptors (Lipinski definition) is 7. The number of rotatable bonds is 2. The van der Waals surface area contributed by atoms with Crippen LogP contribution in [-0.4, -0.2) is 36.0 Å². The van der Waals surface area contributed by atoms with Crippen LogP contribution in [0.4, 0.5) is 5.82 Å². The molecule has 0 atom stereocenters. The molecule has 0 radical (unpaired) electrons. The summed E-state index contributed by atoms with van der Waals surface area (Å²) in [6.07, 6.45) is 1.74. The van der Waals surface area contributed by atoms with Gasteiger partial charge in [0.25, 0.3) is 5.78 Å². The van der Waals surface area contributed by atoms with Crippen LogP contribution in [0.15, 0.2) is 9.95 Å². The van der Waals surface area contributed by atoms with Crippen LogP contribution in [0.5, 0.6) is 0 Å². The molecule has 1 N–H and O–H groups in total. The minimum absolute atomic E-state index is 0.00921. The summed E-state index contributed by atoms with van der Waals surface area (Å²) >= 11 is 1.25. The molecule has 0 saturated carbocycles. The number of aromatic nitrogens is 5. The summed E-state index contributed by atoms with van der Waals surface area (Å²) in [5.74, 6) is -0.821. The first-order valence-electron chi connectivity index (χ1n) is 3.67. The van der Waals surface area contributed by atoms with Gasteiger partial charge in [-0.2, -0.15) is 9.50 Å². The van der Waals surface area contributed by atoms with Crippen LogP contribution in [-0.2, 0) is 0 Å². The Morgan fingerprint density at radius 3 is 2.87 bits per heavy atom. The van der Waals surface area contributed by atoms with Gasteiger partial charge < -0.3 is 10.1 Å². The molecule has 2 aromatic rings. The highest BCUT2D eigenvalue weighted by Gasteiger charge is 2.20. The first-order valence-corrected chi connectivity index (χ1v) is 4.90. The Balaban J connectivity index is 2.78. The second-order valence-corrected chi connectivity index (χ2v) is 3.25. The third-order valence-corrected chi connectivity index (χ3v) is 2.17. The largest absolute Gasteiger partial charge is 0.458 e. The van der Waals surface area contributed by atoms with Gasteiger partial charge in [0.05, 0.1) is 5.10 Å². The van der Waals surface area contributed by atoms with Gasteiger partial charge in [-0.1, -0.05) is 11.8 Å². The van der Waals surface area contributed by atoms with E-state index in [2.05, 4.69) is 20.3 Å². The fourth-order valence-electron chi connectivity index (χ4n) is 0.961. The molecule has 9 nitrogen and oxygen atoms in total. The van der Waals surface area contributed by atoms with Gasteiger partial charge in [-0.05, 0) is 11.2 Å². The van der Waals surface area contributed by atoms with Crippen molar-refractivity contribution in [2.24, 2.45) is 0 Å². The molecule has 0 saturated heterocycles. The lowest BCUT2D eigenvalue weighted by molar-refractivity contribution is -0.391. The van der Waals surface area contributed by atoms with Crippen molar-refractivity contribution in [2.45, 2.75) is 5.16 Å². The molecule has 0 spiro atoms. The smallest absolute Gasteiger partial charge is 0.358 e. The first-order chi connectivity index (χ1) is 7.13. The zero-order valence-corrected chi connectivity index (χ0v) is 8.19. The molecule has 0 fully saturated rings. The van der Waals surface area contributed by atoms with E-state index in [1.807, 2.05) is 0 Å². The van der Waals surface area contributed by atoms with Gasteiger partial charge in [0.1, 0.15) is 0 Å². The van der Waals surface area contributed by atoms with E-state index >= 15 is 0 Å². The molecule has 0 aliphatic heterocycles. The number of fused-ring (bicyclic) bond motifs is 1. The van der Waals surface area contributed by atoms with E-state index in [0.717, 1.165) is 4.52 Å². The van der Waals surface area contributed by atoms with Crippen LogP contribution >= 0.6 is 11.8 Å². The number of aromatic amines is 1. The molecule has 2 rings (SSSR count). The Hall–Kier alpha value is -1.97. The van der Waals surface area contributed by atoms with E-state index in [-0.39, 0.29) is 5.78 Å². The number of thioether (sulfide) groups is 1. The van der Waals surface area contributed by atoms with Gasteiger partial charge in [-0.3, -0.25) is 9.89 Å². The normalized spacial score (nSPS) is 10.7. The summed E-state index contributed by atoms with van der Waals surface area (Å²) in [4.78, 5) is 24.8. The van der Waals surface area contributed by atoms with E-state index in [9.17, 15) is 14.9 Å². The Bertz CT molecular complexity index is 588. The van der Waals surface area contributed by atoms with Gasteiger partial charge in [0, 0.05) is 5.10 Å². The quantitative estimate of drug-likeness (QED) is 0.415. The number of nitrogens with zero attached hydrogens (tertiary/aromatic N) is 5. The summed E-state index contributed by atoms with van der Waals surface area (Å²) < 4.78 is 0.886. The van der Waals surface area contributed by atoms with E-state index in [0.29, 0.717) is 5.16 Å². The SMILES string of the molecule is CSc1nc2nnc([N+](=O)[O-])c(=O)n2[nH]1. The summed E-state index contributed by atoms with van der Waals surface area (Å²) in [6.45, 7) is 0. The van der Waals surface area contributed by atoms with E-state index in [1.165, 1.54) is 11.8 Å². The highest BCUT2D eigenvalue weighted by molar-refractivity contribution is 7.98. The fraction of sp³-hybridized carbons (Fsp3) is 0.200. The van der Waals surface area contributed by atoms with Crippen molar-refractivity contribution >= 4 is 23.4 Å². The zero-order chi connectivity index (χ0) is 11.0. The molecule has 15 heavy (non-hydrogen) atoms. The molecule has 2 aromatic heterocycles. The van der Waals surface area contributed by atoms with Crippen LogP contribution in [0, 0.1) is 10.1 Å². The highest BCUT2D eigenvalue weighted by atomic mass is 32.2. The Kier molecular flexibility index (Phi) is 2.11. The van der Waals surface area contributed by atoms with Crippen molar-refractivity contribution in [1.29, 1.82) is 0 Å². The molecule has 0 aromatic carbocycles. The van der Waals surface area contributed by atoms with Crippen molar-refractivity contribution < 1.29 is 4.92 Å². The van der Waals surface area contributed by atoms with Gasteiger partial charge >= 0.3 is 11.4 Å². The highest BCUT2D eigenvalue weighted by Crippen LogP contribution is 2.08. The lowest BCUT2D eigenvalue weighted by atomic mass is 10.7. The minimum Gasteiger partial charge on any atom is -0.358 e. The summed E-state index contributed by atoms with van der Waals surface area (Å²) in [5, 5.41) is 20.0. The van der Waals surface area contributed by atoms with Crippen molar-refractivity contribution in [3.05, 3.63) is 20.5 Å². The summed E-state index contributed by atoms with van der Waals surface area (Å²) in [6, 6.07) is 0. The lowest BCUT2D eigenvalue weighted by Crippen LogP contribution is -2.20. The standard InChI is InChI=1S/C5H4N6O3S/c1-15-5-6-4-8-7-2(11(13)14)3(12)10(4)9-5/h1H3,(H,6,8,9). The zero-order valence-electron chi connectivity index (χ0n) is 7.37. The monoisotopic (exact) mass is 228 g/mol. The van der Waals surface area contributed by atoms with Gasteiger partial charge in [-0.15, -0.1) is 0 Å². The second-order valence-electron chi connectivity index (χ2n) is 2.45. The number of hydrogen-bond donors (Lipinski definition) is 1. The molecule has 0 bridgehead atoms. The van der Waals surface area contributed by atoms with Crippen LogP contribution in [0.1, 0.15) is 0 Å². The van der Waals surface area contributed by atoms with Crippen molar-refractivity contribution in [3.8, 4) is 0 Å². The van der Waals surface area contributed by atoms with Crippen molar-refractivity contribution in [1.82, 2.24) is 24.8 Å². The topological polar surface area (TPSA) is 119 Å². The van der Waals surface area contributed by atoms with Crippen LogP contribution < -0.4 is 5.56 Å². The molecule has 78 valence electrons. The molecular weight excluding hydrogens is 224 g/mol. The molecule has 0 aliphatic rings. The summed E-state index contributed by atoms with van der Waals surface area (Å²) in [7, 11) is 0. The van der Waals surface area contributed by atoms with Crippen LogP contribution in [0.2, 0.25) is 0 Å². The van der Waals surface area contributed by atoms with E-state index < -0.39 is 16.3 Å². The lowest BCUT2D eigenvalue weighted by Gasteiger charge is -1.89. The molecule has 10 heteroatoms. The predicted octanol–water partition coefficient (Wildman–Crippen LogP) is -0.557.